The summed E-state index contributed by atoms with van der Waals surface area (Å²) in [5.74, 6) is 0.698. The van der Waals surface area contributed by atoms with Crippen molar-refractivity contribution in [3.63, 3.8) is 0 Å². The second-order valence-corrected chi connectivity index (χ2v) is 2.90. The number of hydrazine groups is 2. The molecule has 1 aliphatic heterocycles. The highest BCUT2D eigenvalue weighted by atomic mass is 15.7. The van der Waals surface area contributed by atoms with Crippen molar-refractivity contribution in [2.24, 2.45) is 5.73 Å². The first-order chi connectivity index (χ1) is 6.36. The molecular formula is C9H12N4. The first-order valence-corrected chi connectivity index (χ1v) is 4.14. The molecule has 1 aliphatic rings. The summed E-state index contributed by atoms with van der Waals surface area (Å²) in [4.78, 5) is 0. The van der Waals surface area contributed by atoms with Gasteiger partial charge in [-0.25, -0.2) is 0 Å². The van der Waals surface area contributed by atoms with Crippen molar-refractivity contribution < 1.29 is 0 Å². The Balaban J connectivity index is 2.03. The van der Waals surface area contributed by atoms with Crippen LogP contribution in [0.5, 0.6) is 0 Å². The summed E-state index contributed by atoms with van der Waals surface area (Å²) in [5, 5.41) is 1.84. The Bertz CT molecular complexity index is 307. The fourth-order valence-corrected chi connectivity index (χ4v) is 1.22. The number of rotatable bonds is 2. The van der Waals surface area contributed by atoms with Gasteiger partial charge >= 0.3 is 0 Å². The molecule has 4 N–H and O–H groups in total. The van der Waals surface area contributed by atoms with Gasteiger partial charge in [-0.15, -0.1) is 5.53 Å². The molecule has 0 fully saturated rings. The predicted molar refractivity (Wildman–Crippen MR) is 50.5 cm³/mol. The lowest BCUT2D eigenvalue weighted by Gasteiger charge is -2.18. The molecular weight excluding hydrogens is 164 g/mol. The molecule has 4 heteroatoms. The standard InChI is InChI=1S/C9H12N4/c10-9-6-11-12-13(9)7-8-4-2-1-3-5-8/h1-6,11-12H,7,10H2. The van der Waals surface area contributed by atoms with Crippen molar-refractivity contribution >= 4 is 0 Å². The maximum Gasteiger partial charge on any atom is 0.133 e. The third kappa shape index (κ3) is 1.73. The zero-order valence-corrected chi connectivity index (χ0v) is 7.20. The van der Waals surface area contributed by atoms with Gasteiger partial charge in [0, 0.05) is 0 Å². The lowest BCUT2D eigenvalue weighted by atomic mass is 10.2. The van der Waals surface area contributed by atoms with Crippen molar-refractivity contribution in [2.75, 3.05) is 0 Å². The van der Waals surface area contributed by atoms with Crippen LogP contribution in [0.1, 0.15) is 5.56 Å². The monoisotopic (exact) mass is 176 g/mol. The van der Waals surface area contributed by atoms with Gasteiger partial charge < -0.3 is 11.2 Å². The van der Waals surface area contributed by atoms with Gasteiger partial charge in [0.1, 0.15) is 5.82 Å². The first-order valence-electron chi connectivity index (χ1n) is 4.14. The highest BCUT2D eigenvalue weighted by Crippen LogP contribution is 2.06. The molecule has 1 aromatic carbocycles. The molecule has 0 aromatic heterocycles. The molecule has 13 heavy (non-hydrogen) atoms. The second kappa shape index (κ2) is 3.37. The van der Waals surface area contributed by atoms with Crippen LogP contribution < -0.4 is 16.7 Å². The van der Waals surface area contributed by atoms with E-state index in [9.17, 15) is 0 Å². The van der Waals surface area contributed by atoms with Gasteiger partial charge in [0.25, 0.3) is 0 Å². The molecule has 68 valence electrons. The van der Waals surface area contributed by atoms with Crippen molar-refractivity contribution in [1.29, 1.82) is 0 Å². The van der Waals surface area contributed by atoms with Crippen molar-refractivity contribution in [2.45, 2.75) is 6.54 Å². The fourth-order valence-electron chi connectivity index (χ4n) is 1.22. The van der Waals surface area contributed by atoms with Gasteiger partial charge in [0.05, 0.1) is 12.7 Å². The minimum absolute atomic E-state index is 0.698. The molecule has 4 nitrogen and oxygen atoms in total. The van der Waals surface area contributed by atoms with Crippen LogP contribution in [0.2, 0.25) is 0 Å². The number of nitrogens with zero attached hydrogens (tertiary/aromatic N) is 1. The van der Waals surface area contributed by atoms with Gasteiger partial charge in [0.15, 0.2) is 0 Å². The van der Waals surface area contributed by atoms with Gasteiger partial charge in [-0.05, 0) is 5.56 Å². The van der Waals surface area contributed by atoms with E-state index in [1.165, 1.54) is 5.56 Å². The highest BCUT2D eigenvalue weighted by molar-refractivity contribution is 5.15. The molecule has 0 amide bonds. The number of nitrogens with one attached hydrogen (secondary N) is 2. The third-order valence-electron chi connectivity index (χ3n) is 1.91. The summed E-state index contributed by atoms with van der Waals surface area (Å²) in [6, 6.07) is 10.1. The third-order valence-corrected chi connectivity index (χ3v) is 1.91. The van der Waals surface area contributed by atoms with E-state index in [2.05, 4.69) is 23.1 Å². The van der Waals surface area contributed by atoms with Gasteiger partial charge in [-0.2, -0.15) is 0 Å². The molecule has 0 unspecified atom stereocenters. The fraction of sp³-hybridized carbons (Fsp3) is 0.111. The van der Waals surface area contributed by atoms with E-state index in [0.29, 0.717) is 5.82 Å². The van der Waals surface area contributed by atoms with Crippen LogP contribution in [-0.2, 0) is 6.54 Å². The summed E-state index contributed by atoms with van der Waals surface area (Å²) in [6.07, 6.45) is 1.73. The van der Waals surface area contributed by atoms with E-state index < -0.39 is 0 Å². The Hall–Kier alpha value is -1.68. The van der Waals surface area contributed by atoms with Crippen molar-refractivity contribution in [3.05, 3.63) is 47.9 Å². The van der Waals surface area contributed by atoms with Crippen LogP contribution in [0.3, 0.4) is 0 Å². The van der Waals surface area contributed by atoms with E-state index in [-0.39, 0.29) is 0 Å². The summed E-state index contributed by atoms with van der Waals surface area (Å²) < 4.78 is 0. The molecule has 0 radical (unpaired) electrons. The average Bonchev–Trinajstić information content (AvgIpc) is 2.54. The summed E-state index contributed by atoms with van der Waals surface area (Å²) in [6.45, 7) is 0.760. The van der Waals surface area contributed by atoms with Crippen molar-refractivity contribution in [3.8, 4) is 0 Å². The number of benzene rings is 1. The maximum atomic E-state index is 5.69. The Kier molecular flexibility index (Phi) is 2.06. The molecule has 0 saturated carbocycles. The lowest BCUT2D eigenvalue weighted by Crippen LogP contribution is -2.38. The Morgan fingerprint density at radius 2 is 2.00 bits per heavy atom. The number of hydrogen-bond donors (Lipinski definition) is 3. The summed E-state index contributed by atoms with van der Waals surface area (Å²) in [5.41, 5.74) is 12.7. The SMILES string of the molecule is NC1=CNNN1Cc1ccccc1. The Morgan fingerprint density at radius 1 is 1.23 bits per heavy atom. The zero-order valence-electron chi connectivity index (χ0n) is 7.20. The lowest BCUT2D eigenvalue weighted by molar-refractivity contribution is 0.240. The molecule has 0 aliphatic carbocycles. The molecule has 1 heterocycles. The highest BCUT2D eigenvalue weighted by Gasteiger charge is 2.10. The van der Waals surface area contributed by atoms with Crippen LogP contribution in [-0.4, -0.2) is 5.01 Å². The minimum Gasteiger partial charge on any atom is -0.383 e. The van der Waals surface area contributed by atoms with Crippen LogP contribution in [0.25, 0.3) is 0 Å². The van der Waals surface area contributed by atoms with Crippen LogP contribution in [0.4, 0.5) is 0 Å². The normalized spacial score (nSPS) is 15.4. The second-order valence-electron chi connectivity index (χ2n) is 2.90. The first kappa shape index (κ1) is 7.94. The Morgan fingerprint density at radius 3 is 2.62 bits per heavy atom. The summed E-state index contributed by atoms with van der Waals surface area (Å²) >= 11 is 0. The van der Waals surface area contributed by atoms with E-state index in [1.807, 2.05) is 23.2 Å². The quantitative estimate of drug-likeness (QED) is 0.605. The minimum atomic E-state index is 0.698. The summed E-state index contributed by atoms with van der Waals surface area (Å²) in [7, 11) is 0. The van der Waals surface area contributed by atoms with E-state index in [4.69, 9.17) is 5.73 Å². The van der Waals surface area contributed by atoms with Gasteiger partial charge in [-0.1, -0.05) is 30.3 Å². The van der Waals surface area contributed by atoms with E-state index in [1.54, 1.807) is 6.20 Å². The molecule has 2 rings (SSSR count). The molecule has 0 atom stereocenters. The largest absolute Gasteiger partial charge is 0.383 e. The molecule has 1 aromatic rings. The molecule has 0 spiro atoms. The molecule has 0 saturated heterocycles. The number of hydrogen-bond acceptors (Lipinski definition) is 4. The topological polar surface area (TPSA) is 53.3 Å². The Labute approximate surface area is 77.0 Å². The molecule has 0 bridgehead atoms. The smallest absolute Gasteiger partial charge is 0.133 e. The predicted octanol–water partition coefficient (Wildman–Crippen LogP) is 0.269. The maximum absolute atomic E-state index is 5.69. The van der Waals surface area contributed by atoms with Crippen LogP contribution in [0.15, 0.2) is 42.4 Å². The van der Waals surface area contributed by atoms with Gasteiger partial charge in [0.2, 0.25) is 0 Å². The number of nitrogens with two attached hydrogens (primary N) is 1. The van der Waals surface area contributed by atoms with Gasteiger partial charge in [-0.3, -0.25) is 5.01 Å². The van der Waals surface area contributed by atoms with Crippen LogP contribution in [0, 0.1) is 0 Å². The average molecular weight is 176 g/mol. The van der Waals surface area contributed by atoms with Crippen LogP contribution >= 0.6 is 0 Å². The van der Waals surface area contributed by atoms with E-state index in [0.717, 1.165) is 6.54 Å². The van der Waals surface area contributed by atoms with E-state index >= 15 is 0 Å². The zero-order chi connectivity index (χ0) is 9.10. The van der Waals surface area contributed by atoms with Crippen molar-refractivity contribution in [1.82, 2.24) is 16.0 Å².